The Labute approximate surface area is 147 Å². The zero-order chi connectivity index (χ0) is 18.5. The molecule has 4 heteroatoms. The van der Waals surface area contributed by atoms with Crippen LogP contribution < -0.4 is 0 Å². The number of hydrogen-bond donors (Lipinski definition) is 0. The maximum atomic E-state index is 12.8. The molecule has 0 N–H and O–H groups in total. The number of nitrogens with zero attached hydrogens (tertiary/aromatic N) is 1. The van der Waals surface area contributed by atoms with Gasteiger partial charge < -0.3 is 0 Å². The second-order valence-corrected chi connectivity index (χ2v) is 6.37. The summed E-state index contributed by atoms with van der Waals surface area (Å²) < 4.78 is 38.5. The third-order valence-corrected chi connectivity index (χ3v) is 4.76. The maximum absolute atomic E-state index is 12.8. The van der Waals surface area contributed by atoms with Crippen molar-refractivity contribution in [1.82, 2.24) is 4.90 Å². The average molecular weight is 347 g/mol. The van der Waals surface area contributed by atoms with E-state index in [-0.39, 0.29) is 5.54 Å². The molecule has 2 rings (SSSR count). The lowest BCUT2D eigenvalue weighted by Crippen LogP contribution is -2.40. The summed E-state index contributed by atoms with van der Waals surface area (Å²) in [6.07, 6.45) is 1.36. The van der Waals surface area contributed by atoms with E-state index in [4.69, 9.17) is 0 Å². The first-order valence-electron chi connectivity index (χ1n) is 8.36. The highest BCUT2D eigenvalue weighted by Crippen LogP contribution is 2.37. The second kappa shape index (κ2) is 7.87. The van der Waals surface area contributed by atoms with Gasteiger partial charge in [-0.2, -0.15) is 13.2 Å². The topological polar surface area (TPSA) is 3.24 Å². The minimum absolute atomic E-state index is 0.338. The molecule has 25 heavy (non-hydrogen) atoms. The maximum Gasteiger partial charge on any atom is 0.416 e. The van der Waals surface area contributed by atoms with E-state index in [1.807, 2.05) is 44.4 Å². The molecule has 0 aliphatic rings. The normalized spacial score (nSPS) is 14.8. The number of rotatable bonds is 6. The van der Waals surface area contributed by atoms with Crippen molar-refractivity contribution in [2.75, 3.05) is 14.1 Å². The highest BCUT2D eigenvalue weighted by atomic mass is 19.4. The molecule has 1 atom stereocenters. The highest BCUT2D eigenvalue weighted by molar-refractivity contribution is 5.49. The van der Waals surface area contributed by atoms with E-state index in [9.17, 15) is 13.2 Å². The number of hydrogen-bond acceptors (Lipinski definition) is 1. The van der Waals surface area contributed by atoms with E-state index < -0.39 is 11.7 Å². The molecular formula is C21H24F3N. The molecule has 0 aliphatic heterocycles. The first-order valence-corrected chi connectivity index (χ1v) is 8.36. The number of alkyl halides is 3. The Hall–Kier alpha value is -2.07. The van der Waals surface area contributed by atoms with Crippen LogP contribution in [0.4, 0.5) is 13.2 Å². The molecule has 0 fully saturated rings. The Balaban J connectivity index is 2.29. The first-order chi connectivity index (χ1) is 11.8. The summed E-state index contributed by atoms with van der Waals surface area (Å²) in [6, 6.07) is 15.5. The van der Waals surface area contributed by atoms with E-state index in [0.717, 1.165) is 24.0 Å². The molecule has 0 saturated carbocycles. The van der Waals surface area contributed by atoms with Crippen molar-refractivity contribution in [3.05, 3.63) is 77.4 Å². The van der Waals surface area contributed by atoms with E-state index in [2.05, 4.69) is 24.0 Å². The summed E-state index contributed by atoms with van der Waals surface area (Å²) in [5.41, 5.74) is 1.05. The van der Waals surface area contributed by atoms with Crippen LogP contribution >= 0.6 is 0 Å². The standard InChI is InChI=1S/C21H24F3N/c1-4-20(25(2)3,16-8-11-17-9-6-5-7-10-17)18-12-14-19(15-13-18)21(22,23)24/h5-15H,4,16H2,1-3H3. The van der Waals surface area contributed by atoms with Gasteiger partial charge in [-0.3, -0.25) is 4.90 Å². The van der Waals surface area contributed by atoms with E-state index in [1.165, 1.54) is 12.1 Å². The summed E-state index contributed by atoms with van der Waals surface area (Å²) in [4.78, 5) is 2.09. The van der Waals surface area contributed by atoms with Crippen LogP contribution in [0.15, 0.2) is 60.7 Å². The third kappa shape index (κ3) is 4.51. The zero-order valence-electron chi connectivity index (χ0n) is 14.8. The van der Waals surface area contributed by atoms with Gasteiger partial charge in [-0.25, -0.2) is 0 Å². The molecule has 0 amide bonds. The molecule has 134 valence electrons. The van der Waals surface area contributed by atoms with Crippen LogP contribution in [0.5, 0.6) is 0 Å². The molecule has 0 heterocycles. The molecule has 1 unspecified atom stereocenters. The molecule has 0 spiro atoms. The van der Waals surface area contributed by atoms with Gasteiger partial charge in [-0.05, 0) is 50.2 Å². The Bertz CT molecular complexity index is 687. The van der Waals surface area contributed by atoms with Crippen molar-refractivity contribution in [3.63, 3.8) is 0 Å². The fraction of sp³-hybridized carbons (Fsp3) is 0.333. The predicted molar refractivity (Wildman–Crippen MR) is 97.2 cm³/mol. The quantitative estimate of drug-likeness (QED) is 0.622. The van der Waals surface area contributed by atoms with E-state index in [1.54, 1.807) is 12.1 Å². The molecule has 1 nitrogen and oxygen atoms in total. The SMILES string of the molecule is CCC(CC=Cc1ccccc1)(c1ccc(C(F)(F)F)cc1)N(C)C. The van der Waals surface area contributed by atoms with Gasteiger partial charge in [0.2, 0.25) is 0 Å². The van der Waals surface area contributed by atoms with Crippen molar-refractivity contribution in [2.45, 2.75) is 31.5 Å². The molecule has 0 bridgehead atoms. The Kier molecular flexibility index (Phi) is 6.07. The van der Waals surface area contributed by atoms with Gasteiger partial charge in [0, 0.05) is 5.54 Å². The number of benzene rings is 2. The van der Waals surface area contributed by atoms with Crippen LogP contribution in [0.25, 0.3) is 6.08 Å². The third-order valence-electron chi connectivity index (χ3n) is 4.76. The summed E-state index contributed by atoms with van der Waals surface area (Å²) >= 11 is 0. The molecule has 0 aromatic heterocycles. The lowest BCUT2D eigenvalue weighted by Gasteiger charge is -2.39. The fourth-order valence-electron chi connectivity index (χ4n) is 3.15. The fourth-order valence-corrected chi connectivity index (χ4v) is 3.15. The summed E-state index contributed by atoms with van der Waals surface area (Å²) in [5, 5.41) is 0. The minimum Gasteiger partial charge on any atom is -0.299 e. The van der Waals surface area contributed by atoms with Crippen LogP contribution in [-0.4, -0.2) is 19.0 Å². The molecule has 0 radical (unpaired) electrons. The van der Waals surface area contributed by atoms with Crippen LogP contribution in [-0.2, 0) is 11.7 Å². The van der Waals surface area contributed by atoms with Gasteiger partial charge in [0.15, 0.2) is 0 Å². The summed E-state index contributed by atoms with van der Waals surface area (Å²) in [7, 11) is 3.94. The van der Waals surface area contributed by atoms with Gasteiger partial charge >= 0.3 is 6.18 Å². The van der Waals surface area contributed by atoms with Crippen molar-refractivity contribution in [2.24, 2.45) is 0 Å². The molecule has 2 aromatic rings. The van der Waals surface area contributed by atoms with E-state index in [0.29, 0.717) is 0 Å². The van der Waals surface area contributed by atoms with Crippen molar-refractivity contribution < 1.29 is 13.2 Å². The van der Waals surface area contributed by atoms with Crippen molar-refractivity contribution >= 4 is 6.08 Å². The smallest absolute Gasteiger partial charge is 0.299 e. The zero-order valence-corrected chi connectivity index (χ0v) is 14.8. The van der Waals surface area contributed by atoms with Gasteiger partial charge in [0.05, 0.1) is 5.56 Å². The van der Waals surface area contributed by atoms with Crippen molar-refractivity contribution in [3.8, 4) is 0 Å². The predicted octanol–water partition coefficient (Wildman–Crippen LogP) is 5.98. The first kappa shape index (κ1) is 19.3. The van der Waals surface area contributed by atoms with Crippen molar-refractivity contribution in [1.29, 1.82) is 0 Å². The minimum atomic E-state index is -4.31. The van der Waals surface area contributed by atoms with Gasteiger partial charge in [0.25, 0.3) is 0 Å². The molecule has 0 aliphatic carbocycles. The van der Waals surface area contributed by atoms with Gasteiger partial charge in [0.1, 0.15) is 0 Å². The highest BCUT2D eigenvalue weighted by Gasteiger charge is 2.34. The van der Waals surface area contributed by atoms with Gasteiger partial charge in [-0.15, -0.1) is 0 Å². The largest absolute Gasteiger partial charge is 0.416 e. The van der Waals surface area contributed by atoms with Crippen LogP contribution in [0.1, 0.15) is 36.5 Å². The van der Waals surface area contributed by atoms with Crippen LogP contribution in [0.2, 0.25) is 0 Å². The van der Waals surface area contributed by atoms with Crippen LogP contribution in [0.3, 0.4) is 0 Å². The molecular weight excluding hydrogens is 323 g/mol. The Morgan fingerprint density at radius 1 is 0.880 bits per heavy atom. The van der Waals surface area contributed by atoms with Gasteiger partial charge in [-0.1, -0.05) is 61.5 Å². The second-order valence-electron chi connectivity index (χ2n) is 6.37. The monoisotopic (exact) mass is 347 g/mol. The number of halogens is 3. The lowest BCUT2D eigenvalue weighted by atomic mass is 9.82. The molecule has 0 saturated heterocycles. The van der Waals surface area contributed by atoms with E-state index >= 15 is 0 Å². The average Bonchev–Trinajstić information content (AvgIpc) is 2.59. The van der Waals surface area contributed by atoms with Crippen LogP contribution in [0, 0.1) is 0 Å². The Morgan fingerprint density at radius 3 is 1.92 bits per heavy atom. The Morgan fingerprint density at radius 2 is 1.44 bits per heavy atom. The summed E-state index contributed by atoms with van der Waals surface area (Å²) in [5.74, 6) is 0. The lowest BCUT2D eigenvalue weighted by molar-refractivity contribution is -0.137. The molecule has 2 aromatic carbocycles. The summed E-state index contributed by atoms with van der Waals surface area (Å²) in [6.45, 7) is 2.06.